The molecule has 0 aliphatic carbocycles. The molecule has 1 aromatic heterocycles. The van der Waals surface area contributed by atoms with Crippen LogP contribution >= 0.6 is 0 Å². The molecule has 2 rings (SSSR count). The predicted molar refractivity (Wildman–Crippen MR) is 69.6 cm³/mol. The molecular formula is C14H11FN2O3. The van der Waals surface area contributed by atoms with Gasteiger partial charge in [0.05, 0.1) is 11.3 Å². The van der Waals surface area contributed by atoms with E-state index in [0.29, 0.717) is 11.4 Å². The largest absolute Gasteiger partial charge is 0.384 e. The Labute approximate surface area is 114 Å². The molecule has 0 spiro atoms. The summed E-state index contributed by atoms with van der Waals surface area (Å²) < 4.78 is 18.0. The van der Waals surface area contributed by atoms with E-state index in [1.807, 2.05) is 0 Å². The highest BCUT2D eigenvalue weighted by Gasteiger charge is 2.13. The average molecular weight is 274 g/mol. The van der Waals surface area contributed by atoms with E-state index in [-0.39, 0.29) is 17.9 Å². The van der Waals surface area contributed by atoms with E-state index in [0.717, 1.165) is 0 Å². The summed E-state index contributed by atoms with van der Waals surface area (Å²) in [7, 11) is 0. The fourth-order valence-electron chi connectivity index (χ4n) is 1.52. The molecule has 0 aliphatic heterocycles. The molecule has 0 aliphatic rings. The summed E-state index contributed by atoms with van der Waals surface area (Å²) in [6.45, 7) is 1.31. The Bertz CT molecular complexity index is 698. The number of aromatic nitrogens is 1. The van der Waals surface area contributed by atoms with Crippen molar-refractivity contribution in [2.75, 3.05) is 11.9 Å². The fraction of sp³-hybridized carbons (Fsp3) is 0.143. The number of nitrogens with zero attached hydrogens (tertiary/aromatic N) is 1. The second-order valence-corrected chi connectivity index (χ2v) is 3.93. The first-order valence-corrected chi connectivity index (χ1v) is 5.74. The van der Waals surface area contributed by atoms with Gasteiger partial charge in [0.1, 0.15) is 18.2 Å². The first-order chi connectivity index (χ1) is 9.60. The SMILES string of the molecule is Cc1cc(C(=O)Nc2ccc(F)cc2C#CCO)no1. The zero-order chi connectivity index (χ0) is 14.5. The number of aliphatic hydroxyl groups is 1. The Morgan fingerprint density at radius 3 is 2.95 bits per heavy atom. The first-order valence-electron chi connectivity index (χ1n) is 5.74. The number of amides is 1. The minimum Gasteiger partial charge on any atom is -0.384 e. The van der Waals surface area contributed by atoms with Crippen molar-refractivity contribution in [3.63, 3.8) is 0 Å². The number of aryl methyl sites for hydroxylation is 1. The topological polar surface area (TPSA) is 75.4 Å². The van der Waals surface area contributed by atoms with Gasteiger partial charge in [0.2, 0.25) is 0 Å². The van der Waals surface area contributed by atoms with Gasteiger partial charge in [-0.15, -0.1) is 0 Å². The molecule has 2 aromatic rings. The van der Waals surface area contributed by atoms with Gasteiger partial charge in [0.15, 0.2) is 5.69 Å². The summed E-state index contributed by atoms with van der Waals surface area (Å²) in [5.74, 6) is 4.51. The fourth-order valence-corrected chi connectivity index (χ4v) is 1.52. The van der Waals surface area contributed by atoms with Crippen molar-refractivity contribution in [3.8, 4) is 11.8 Å². The van der Waals surface area contributed by atoms with Gasteiger partial charge in [-0.25, -0.2) is 4.39 Å². The normalized spacial score (nSPS) is 9.75. The minimum absolute atomic E-state index is 0.118. The van der Waals surface area contributed by atoms with Gasteiger partial charge in [-0.1, -0.05) is 17.0 Å². The van der Waals surface area contributed by atoms with E-state index in [1.54, 1.807) is 6.92 Å². The summed E-state index contributed by atoms with van der Waals surface area (Å²) in [6, 6.07) is 5.25. The standard InChI is InChI=1S/C14H11FN2O3/c1-9-7-13(17-20-9)14(19)16-12-5-4-11(15)8-10(12)3-2-6-18/h4-5,7-8,18H,6H2,1H3,(H,16,19). The van der Waals surface area contributed by atoms with E-state index in [4.69, 9.17) is 9.63 Å². The van der Waals surface area contributed by atoms with Crippen LogP contribution in [0, 0.1) is 24.6 Å². The number of rotatable bonds is 2. The van der Waals surface area contributed by atoms with Crippen molar-refractivity contribution in [1.82, 2.24) is 5.16 Å². The highest BCUT2D eigenvalue weighted by Crippen LogP contribution is 2.17. The van der Waals surface area contributed by atoms with Gasteiger partial charge in [-0.2, -0.15) is 0 Å². The van der Waals surface area contributed by atoms with Crippen LogP contribution in [0.1, 0.15) is 21.8 Å². The third-order valence-corrected chi connectivity index (χ3v) is 2.39. The molecule has 1 amide bonds. The monoisotopic (exact) mass is 274 g/mol. The molecule has 6 heteroatoms. The van der Waals surface area contributed by atoms with Crippen molar-refractivity contribution < 1.29 is 18.8 Å². The van der Waals surface area contributed by atoms with Gasteiger partial charge in [-0.3, -0.25) is 4.79 Å². The zero-order valence-electron chi connectivity index (χ0n) is 10.6. The summed E-state index contributed by atoms with van der Waals surface area (Å²) in [5.41, 5.74) is 0.721. The van der Waals surface area contributed by atoms with Crippen LogP contribution in [0.5, 0.6) is 0 Å². The molecule has 0 saturated heterocycles. The van der Waals surface area contributed by atoms with Crippen molar-refractivity contribution >= 4 is 11.6 Å². The van der Waals surface area contributed by atoms with Crippen molar-refractivity contribution in [3.05, 3.63) is 47.1 Å². The maximum absolute atomic E-state index is 13.2. The Morgan fingerprint density at radius 1 is 1.50 bits per heavy atom. The molecule has 1 aromatic carbocycles. The number of benzene rings is 1. The van der Waals surface area contributed by atoms with Crippen molar-refractivity contribution in [2.45, 2.75) is 6.92 Å². The lowest BCUT2D eigenvalue weighted by Gasteiger charge is -2.05. The van der Waals surface area contributed by atoms with Crippen LogP contribution in [0.3, 0.4) is 0 Å². The van der Waals surface area contributed by atoms with Crippen LogP contribution in [-0.4, -0.2) is 22.8 Å². The number of hydrogen-bond acceptors (Lipinski definition) is 4. The van der Waals surface area contributed by atoms with Gasteiger partial charge < -0.3 is 14.9 Å². The number of nitrogens with one attached hydrogen (secondary N) is 1. The molecule has 5 nitrogen and oxygen atoms in total. The summed E-state index contributed by atoms with van der Waals surface area (Å²) in [6.07, 6.45) is 0. The number of anilines is 1. The maximum atomic E-state index is 13.2. The molecule has 0 atom stereocenters. The van der Waals surface area contributed by atoms with E-state index >= 15 is 0 Å². The summed E-state index contributed by atoms with van der Waals surface area (Å²) in [5, 5.41) is 14.8. The van der Waals surface area contributed by atoms with Crippen LogP contribution < -0.4 is 5.32 Å². The van der Waals surface area contributed by atoms with Gasteiger partial charge in [0.25, 0.3) is 5.91 Å². The molecular weight excluding hydrogens is 263 g/mol. The second-order valence-electron chi connectivity index (χ2n) is 3.93. The van der Waals surface area contributed by atoms with E-state index in [2.05, 4.69) is 22.3 Å². The molecule has 0 bridgehead atoms. The number of halogens is 1. The van der Waals surface area contributed by atoms with E-state index in [1.165, 1.54) is 24.3 Å². The molecule has 1 heterocycles. The van der Waals surface area contributed by atoms with Crippen LogP contribution in [0.25, 0.3) is 0 Å². The second kappa shape index (κ2) is 5.99. The van der Waals surface area contributed by atoms with Gasteiger partial charge >= 0.3 is 0 Å². The smallest absolute Gasteiger partial charge is 0.277 e. The minimum atomic E-state index is -0.486. The summed E-state index contributed by atoms with van der Waals surface area (Å²) >= 11 is 0. The lowest BCUT2D eigenvalue weighted by Crippen LogP contribution is -2.13. The quantitative estimate of drug-likeness (QED) is 0.818. The Kier molecular flexibility index (Phi) is 4.13. The van der Waals surface area contributed by atoms with Crippen LogP contribution in [0.15, 0.2) is 28.8 Å². The van der Waals surface area contributed by atoms with Crippen LogP contribution in [0.4, 0.5) is 10.1 Å². The third kappa shape index (κ3) is 3.22. The van der Waals surface area contributed by atoms with E-state index < -0.39 is 11.7 Å². The lowest BCUT2D eigenvalue weighted by molar-refractivity contribution is 0.101. The van der Waals surface area contributed by atoms with Crippen molar-refractivity contribution in [1.29, 1.82) is 0 Å². The van der Waals surface area contributed by atoms with Crippen molar-refractivity contribution in [2.24, 2.45) is 0 Å². The average Bonchev–Trinajstić information content (AvgIpc) is 2.85. The number of hydrogen-bond donors (Lipinski definition) is 2. The third-order valence-electron chi connectivity index (χ3n) is 2.39. The van der Waals surface area contributed by atoms with E-state index in [9.17, 15) is 9.18 Å². The summed E-state index contributed by atoms with van der Waals surface area (Å²) in [4.78, 5) is 11.9. The number of carbonyl (C=O) groups is 1. The number of carbonyl (C=O) groups excluding carboxylic acids is 1. The molecule has 0 unspecified atom stereocenters. The molecule has 0 fully saturated rings. The highest BCUT2D eigenvalue weighted by molar-refractivity contribution is 6.03. The van der Waals surface area contributed by atoms with Crippen LogP contribution in [0.2, 0.25) is 0 Å². The molecule has 102 valence electrons. The molecule has 0 saturated carbocycles. The first kappa shape index (κ1) is 13.8. The lowest BCUT2D eigenvalue weighted by atomic mass is 10.1. The van der Waals surface area contributed by atoms with Gasteiger partial charge in [0, 0.05) is 6.07 Å². The molecule has 2 N–H and O–H groups in total. The van der Waals surface area contributed by atoms with Gasteiger partial charge in [-0.05, 0) is 25.1 Å². The maximum Gasteiger partial charge on any atom is 0.277 e. The Balaban J connectivity index is 2.26. The Hall–Kier alpha value is -2.65. The Morgan fingerprint density at radius 2 is 2.30 bits per heavy atom. The highest BCUT2D eigenvalue weighted by atomic mass is 19.1. The predicted octanol–water partition coefficient (Wildman–Crippen LogP) is 1.72. The molecule has 0 radical (unpaired) electrons. The van der Waals surface area contributed by atoms with Crippen LogP contribution in [-0.2, 0) is 0 Å². The number of aliphatic hydroxyl groups excluding tert-OH is 1. The molecule has 20 heavy (non-hydrogen) atoms. The zero-order valence-corrected chi connectivity index (χ0v) is 10.6.